The smallest absolute Gasteiger partial charge is 0.330 e. The van der Waals surface area contributed by atoms with Crippen LogP contribution in [0.2, 0.25) is 64.5 Å². The third kappa shape index (κ3) is 4.69. The van der Waals surface area contributed by atoms with E-state index in [1.165, 1.54) is 13.2 Å². The van der Waals surface area contributed by atoms with E-state index in [1.54, 1.807) is 6.92 Å². The van der Waals surface area contributed by atoms with Gasteiger partial charge in [0.05, 0.1) is 31.6 Å². The summed E-state index contributed by atoms with van der Waals surface area (Å²) in [4.78, 5) is 25.8. The molecule has 9 heteroatoms. The molecule has 1 aliphatic rings. The van der Waals surface area contributed by atoms with E-state index in [0.29, 0.717) is 6.61 Å². The summed E-state index contributed by atoms with van der Waals surface area (Å²) in [6.45, 7) is 30.3. The Hall–Kier alpha value is -0.492. The Morgan fingerprint density at radius 1 is 0.969 bits per heavy atom. The number of ether oxygens (including phenoxy) is 2. The molecule has 0 aliphatic carbocycles. The molecule has 0 aromatic heterocycles. The number of hydrogen-bond acceptors (Lipinski definition) is 5. The average Bonchev–Trinajstić information content (AvgIpc) is 2.53. The minimum absolute atomic E-state index is 0.126. The van der Waals surface area contributed by atoms with Crippen LogP contribution in [0.3, 0.4) is 0 Å². The summed E-state index contributed by atoms with van der Waals surface area (Å²) >= 11 is 0. The van der Waals surface area contributed by atoms with E-state index in [4.69, 9.17) is 13.9 Å². The molecule has 1 rings (SSSR count). The molecule has 1 heterocycles. The molecular formula is C23H48O5Si4. The Bertz CT molecular complexity index is 723. The third-order valence-corrected chi connectivity index (χ3v) is 48.6. The van der Waals surface area contributed by atoms with Gasteiger partial charge in [-0.3, -0.25) is 4.79 Å². The van der Waals surface area contributed by atoms with E-state index in [9.17, 15) is 9.59 Å². The van der Waals surface area contributed by atoms with Gasteiger partial charge in [0.25, 0.3) is 0 Å². The number of esters is 2. The Morgan fingerprint density at radius 2 is 1.44 bits per heavy atom. The predicted molar refractivity (Wildman–Crippen MR) is 144 cm³/mol. The van der Waals surface area contributed by atoms with Crippen LogP contribution in [0.25, 0.3) is 0 Å². The van der Waals surface area contributed by atoms with Crippen molar-refractivity contribution < 1.29 is 23.5 Å². The monoisotopic (exact) mass is 516 g/mol. The molecule has 1 fully saturated rings. The number of methoxy groups -OCH3 is 1. The molecule has 2 unspecified atom stereocenters. The normalized spacial score (nSPS) is 26.6. The highest BCUT2D eigenvalue weighted by Gasteiger charge is 2.85. The molecule has 0 radical (unpaired) electrons. The minimum atomic E-state index is -2.43. The first-order valence-electron chi connectivity index (χ1n) is 11.8. The maximum absolute atomic E-state index is 13.5. The first kappa shape index (κ1) is 29.5. The van der Waals surface area contributed by atoms with E-state index in [1.807, 2.05) is 6.08 Å². The second-order valence-electron chi connectivity index (χ2n) is 13.1. The first-order chi connectivity index (χ1) is 14.2. The lowest BCUT2D eigenvalue weighted by Crippen LogP contribution is -2.98. The fourth-order valence-corrected chi connectivity index (χ4v) is 65.1. The quantitative estimate of drug-likeness (QED) is 0.234. The standard InChI is InChI=1S/C23H48O5Si4/c1-15-27-19(24)17-16-18-20(21(25)26-5)32(30(9,10)11,31(12,13)14)23(18,22(2,3)4)28-29(6,7)8/h16-18,20H,15H2,1-14H3/t18?,20?,23-/m1/s1. The first-order valence-corrected chi connectivity index (χ1v) is 26.3. The van der Waals surface area contributed by atoms with Crippen LogP contribution in [0, 0.1) is 11.3 Å². The summed E-state index contributed by atoms with van der Waals surface area (Å²) in [6.07, 6.45) is 3.45. The molecule has 0 spiro atoms. The summed E-state index contributed by atoms with van der Waals surface area (Å²) in [5.74, 6) is -0.692. The maximum atomic E-state index is 13.5. The molecule has 32 heavy (non-hydrogen) atoms. The van der Waals surface area contributed by atoms with Crippen LogP contribution in [0.5, 0.6) is 0 Å². The summed E-state index contributed by atoms with van der Waals surface area (Å²) in [6, 6.07) is 0. The van der Waals surface area contributed by atoms with Crippen molar-refractivity contribution in [2.45, 2.75) is 97.4 Å². The summed E-state index contributed by atoms with van der Waals surface area (Å²) in [5, 5.41) is -0.443. The van der Waals surface area contributed by atoms with Crippen LogP contribution < -0.4 is 0 Å². The van der Waals surface area contributed by atoms with Gasteiger partial charge < -0.3 is 13.9 Å². The molecule has 3 atom stereocenters. The highest BCUT2D eigenvalue weighted by Crippen LogP contribution is 2.70. The molecular weight excluding hydrogens is 469 g/mol. The van der Waals surface area contributed by atoms with E-state index in [0.717, 1.165) is 0 Å². The van der Waals surface area contributed by atoms with Crippen LogP contribution in [0.15, 0.2) is 12.2 Å². The number of carbonyl (C=O) groups excluding carboxylic acids is 2. The Balaban J connectivity index is 4.13. The van der Waals surface area contributed by atoms with Crippen molar-refractivity contribution in [2.75, 3.05) is 13.7 Å². The minimum Gasteiger partial charge on any atom is -0.469 e. The molecule has 5 nitrogen and oxygen atoms in total. The number of hydrogen-bond donors (Lipinski definition) is 0. The fraction of sp³-hybridized carbons (Fsp3) is 0.826. The highest BCUT2D eigenvalue weighted by molar-refractivity contribution is 7.71. The number of rotatable bonds is 8. The van der Waals surface area contributed by atoms with E-state index in [2.05, 4.69) is 79.7 Å². The molecule has 0 saturated carbocycles. The van der Waals surface area contributed by atoms with Crippen molar-refractivity contribution >= 4 is 42.5 Å². The zero-order valence-corrected chi connectivity index (χ0v) is 27.1. The summed E-state index contributed by atoms with van der Waals surface area (Å²) in [7, 11) is -6.78. The topological polar surface area (TPSA) is 61.8 Å². The molecule has 0 aromatic carbocycles. The average molecular weight is 517 g/mol. The van der Waals surface area contributed by atoms with Gasteiger partial charge in [-0.1, -0.05) is 66.1 Å². The number of carbonyl (C=O) groups is 2. The van der Waals surface area contributed by atoms with Crippen molar-refractivity contribution in [1.29, 1.82) is 0 Å². The molecule has 0 amide bonds. The van der Waals surface area contributed by atoms with Gasteiger partial charge in [-0.2, -0.15) is 0 Å². The van der Waals surface area contributed by atoms with Crippen LogP contribution >= 0.6 is 0 Å². The van der Waals surface area contributed by atoms with Crippen LogP contribution in [-0.2, 0) is 23.5 Å². The predicted octanol–water partition coefficient (Wildman–Crippen LogP) is 5.74. The van der Waals surface area contributed by atoms with Gasteiger partial charge in [-0.05, 0) is 32.0 Å². The Labute approximate surface area is 200 Å². The van der Waals surface area contributed by atoms with Gasteiger partial charge in [0.1, 0.15) is 0 Å². The van der Waals surface area contributed by atoms with E-state index in [-0.39, 0.29) is 28.8 Å². The van der Waals surface area contributed by atoms with Crippen molar-refractivity contribution in [1.82, 2.24) is 0 Å². The van der Waals surface area contributed by atoms with Crippen molar-refractivity contribution in [3.63, 3.8) is 0 Å². The molecule has 186 valence electrons. The zero-order valence-electron chi connectivity index (χ0n) is 23.1. The van der Waals surface area contributed by atoms with Gasteiger partial charge in [-0.15, -0.1) is 0 Å². The summed E-state index contributed by atoms with van der Waals surface area (Å²) in [5.41, 5.74) is -0.402. The second-order valence-corrected chi connectivity index (χ2v) is 44.8. The highest BCUT2D eigenvalue weighted by atomic mass is 29.6. The molecule has 0 bridgehead atoms. The molecule has 1 aliphatic heterocycles. The lowest BCUT2D eigenvalue weighted by atomic mass is 9.77. The van der Waals surface area contributed by atoms with E-state index >= 15 is 0 Å². The van der Waals surface area contributed by atoms with Crippen LogP contribution in [0.4, 0.5) is 0 Å². The van der Waals surface area contributed by atoms with Crippen LogP contribution in [-0.4, -0.2) is 61.5 Å². The van der Waals surface area contributed by atoms with E-state index < -0.39 is 35.8 Å². The third-order valence-electron chi connectivity index (χ3n) is 7.01. The van der Waals surface area contributed by atoms with Gasteiger partial charge in [0.15, 0.2) is 8.32 Å². The lowest BCUT2D eigenvalue weighted by molar-refractivity contribution is -0.147. The largest absolute Gasteiger partial charge is 0.469 e. The SMILES string of the molecule is CCOC(=O)C=CC1C(C(=O)OC)[Si]([Si](C)(C)C)([Si](C)(C)C)[C@@]1(O[Si](C)(C)C)C(C)(C)C. The Kier molecular flexibility index (Phi) is 8.56. The van der Waals surface area contributed by atoms with Gasteiger partial charge in [0, 0.05) is 27.2 Å². The summed E-state index contributed by atoms with van der Waals surface area (Å²) < 4.78 is 18.0. The molecule has 0 aromatic rings. The van der Waals surface area contributed by atoms with Gasteiger partial charge >= 0.3 is 11.9 Å². The Morgan fingerprint density at radius 3 is 1.75 bits per heavy atom. The van der Waals surface area contributed by atoms with Crippen LogP contribution in [0.1, 0.15) is 27.7 Å². The molecule has 1 saturated heterocycles. The van der Waals surface area contributed by atoms with Gasteiger partial charge in [-0.25, -0.2) is 4.79 Å². The van der Waals surface area contributed by atoms with Gasteiger partial charge in [0.2, 0.25) is 0 Å². The van der Waals surface area contributed by atoms with Crippen molar-refractivity contribution in [3.05, 3.63) is 12.2 Å². The van der Waals surface area contributed by atoms with Crippen molar-refractivity contribution in [3.8, 4) is 0 Å². The second kappa shape index (κ2) is 9.28. The zero-order chi connectivity index (χ0) is 25.6. The fourth-order valence-electron chi connectivity index (χ4n) is 7.02. The maximum Gasteiger partial charge on any atom is 0.330 e. The lowest BCUT2D eigenvalue weighted by Gasteiger charge is -2.78. The van der Waals surface area contributed by atoms with Crippen molar-refractivity contribution in [2.24, 2.45) is 11.3 Å². The molecule has 0 N–H and O–H groups in total.